The summed E-state index contributed by atoms with van der Waals surface area (Å²) in [5.74, 6) is 0. The molecule has 0 saturated carbocycles. The van der Waals surface area contributed by atoms with Crippen molar-refractivity contribution in [1.82, 2.24) is 4.90 Å². The summed E-state index contributed by atoms with van der Waals surface area (Å²) in [6.07, 6.45) is -2.67. The molecule has 0 aliphatic carbocycles. The molecule has 0 fully saturated rings. The van der Waals surface area contributed by atoms with Crippen molar-refractivity contribution in [3.8, 4) is 0 Å². The van der Waals surface area contributed by atoms with Gasteiger partial charge in [-0.1, -0.05) is 28.7 Å². The van der Waals surface area contributed by atoms with E-state index >= 15 is 0 Å². The van der Waals surface area contributed by atoms with Crippen molar-refractivity contribution in [1.29, 1.82) is 0 Å². The van der Waals surface area contributed by atoms with Crippen molar-refractivity contribution in [2.24, 2.45) is 0 Å². The SMILES string of the molecule is FC(F)(F)C1=CCN(CCI)CC1. The van der Waals surface area contributed by atoms with E-state index < -0.39 is 6.18 Å². The molecule has 0 aromatic rings. The van der Waals surface area contributed by atoms with Crippen molar-refractivity contribution in [2.45, 2.75) is 12.6 Å². The maximum atomic E-state index is 12.2. The zero-order valence-electron chi connectivity index (χ0n) is 7.07. The maximum Gasteiger partial charge on any atom is 0.412 e. The van der Waals surface area contributed by atoms with Crippen molar-refractivity contribution in [3.63, 3.8) is 0 Å². The standard InChI is InChI=1S/C8H11F3IN/c9-8(10,11)7-1-4-13(5-2-7)6-3-12/h1H,2-6H2. The Balaban J connectivity index is 2.48. The fourth-order valence-electron chi connectivity index (χ4n) is 1.29. The first-order chi connectivity index (χ1) is 6.04. The first kappa shape index (κ1) is 11.3. The van der Waals surface area contributed by atoms with Crippen molar-refractivity contribution >= 4 is 22.6 Å². The van der Waals surface area contributed by atoms with Crippen LogP contribution in [0.1, 0.15) is 6.42 Å². The first-order valence-electron chi connectivity index (χ1n) is 4.08. The van der Waals surface area contributed by atoms with Gasteiger partial charge in [0.25, 0.3) is 0 Å². The number of hydrogen-bond donors (Lipinski definition) is 0. The van der Waals surface area contributed by atoms with E-state index in [0.29, 0.717) is 13.1 Å². The molecule has 13 heavy (non-hydrogen) atoms. The summed E-state index contributed by atoms with van der Waals surface area (Å²) < 4.78 is 37.5. The van der Waals surface area contributed by atoms with Crippen molar-refractivity contribution in [2.75, 3.05) is 24.1 Å². The van der Waals surface area contributed by atoms with Gasteiger partial charge in [-0.05, 0) is 6.42 Å². The van der Waals surface area contributed by atoms with E-state index in [1.54, 1.807) is 0 Å². The molecule has 0 amide bonds. The van der Waals surface area contributed by atoms with Crippen LogP contribution < -0.4 is 0 Å². The largest absolute Gasteiger partial charge is 0.412 e. The number of rotatable bonds is 2. The molecule has 0 radical (unpaired) electrons. The lowest BCUT2D eigenvalue weighted by atomic mass is 10.1. The number of halogens is 4. The van der Waals surface area contributed by atoms with Gasteiger partial charge < -0.3 is 0 Å². The minimum atomic E-state index is -4.11. The molecule has 1 rings (SSSR count). The fraction of sp³-hybridized carbons (Fsp3) is 0.750. The third kappa shape index (κ3) is 3.46. The average Bonchev–Trinajstić information content (AvgIpc) is 2.04. The lowest BCUT2D eigenvalue weighted by molar-refractivity contribution is -0.0959. The van der Waals surface area contributed by atoms with E-state index in [4.69, 9.17) is 0 Å². The molecule has 0 unspecified atom stereocenters. The molecule has 76 valence electrons. The topological polar surface area (TPSA) is 3.24 Å². The normalized spacial score (nSPS) is 20.2. The van der Waals surface area contributed by atoms with Crippen LogP contribution in [0.15, 0.2) is 11.6 Å². The van der Waals surface area contributed by atoms with Gasteiger partial charge in [0, 0.05) is 29.6 Å². The Morgan fingerprint density at radius 1 is 1.46 bits per heavy atom. The number of alkyl halides is 4. The highest BCUT2D eigenvalue weighted by molar-refractivity contribution is 14.1. The quantitative estimate of drug-likeness (QED) is 0.431. The molecule has 0 atom stereocenters. The summed E-state index contributed by atoms with van der Waals surface area (Å²) in [5.41, 5.74) is -0.364. The van der Waals surface area contributed by atoms with Crippen LogP contribution in [0, 0.1) is 0 Å². The van der Waals surface area contributed by atoms with Gasteiger partial charge >= 0.3 is 6.18 Å². The summed E-state index contributed by atoms with van der Waals surface area (Å²) >= 11 is 2.23. The van der Waals surface area contributed by atoms with Crippen molar-refractivity contribution in [3.05, 3.63) is 11.6 Å². The summed E-state index contributed by atoms with van der Waals surface area (Å²) in [4.78, 5) is 2.03. The number of hydrogen-bond acceptors (Lipinski definition) is 1. The zero-order chi connectivity index (χ0) is 9.90. The lowest BCUT2D eigenvalue weighted by Crippen LogP contribution is -2.33. The highest BCUT2D eigenvalue weighted by Gasteiger charge is 2.34. The Morgan fingerprint density at radius 2 is 2.15 bits per heavy atom. The van der Waals surface area contributed by atoms with E-state index in [9.17, 15) is 13.2 Å². The minimum absolute atomic E-state index is 0.139. The second kappa shape index (κ2) is 4.63. The Labute approximate surface area is 89.1 Å². The summed E-state index contributed by atoms with van der Waals surface area (Å²) in [5, 5.41) is 0. The molecule has 1 heterocycles. The Morgan fingerprint density at radius 3 is 2.54 bits per heavy atom. The van der Waals surface area contributed by atoms with E-state index in [1.807, 2.05) is 4.90 Å². The zero-order valence-corrected chi connectivity index (χ0v) is 9.23. The predicted octanol–water partition coefficient (Wildman–Crippen LogP) is 2.62. The van der Waals surface area contributed by atoms with E-state index in [1.165, 1.54) is 6.08 Å². The average molecular weight is 305 g/mol. The first-order valence-corrected chi connectivity index (χ1v) is 5.61. The highest BCUT2D eigenvalue weighted by Crippen LogP contribution is 2.29. The van der Waals surface area contributed by atoms with Gasteiger partial charge in [-0.2, -0.15) is 13.2 Å². The van der Waals surface area contributed by atoms with Crippen LogP contribution in [-0.2, 0) is 0 Å². The summed E-state index contributed by atoms with van der Waals surface area (Å²) in [6, 6.07) is 0. The monoisotopic (exact) mass is 305 g/mol. The summed E-state index contributed by atoms with van der Waals surface area (Å²) in [6.45, 7) is 1.86. The van der Waals surface area contributed by atoms with Crippen LogP contribution >= 0.6 is 22.6 Å². The Hall–Kier alpha value is 0.220. The molecular formula is C8H11F3IN. The van der Waals surface area contributed by atoms with Crippen LogP contribution in [-0.4, -0.2) is 35.1 Å². The molecule has 1 aliphatic rings. The molecule has 0 bridgehead atoms. The van der Waals surface area contributed by atoms with E-state index in [2.05, 4.69) is 22.6 Å². The summed E-state index contributed by atoms with van der Waals surface area (Å²) in [7, 11) is 0. The molecular weight excluding hydrogens is 294 g/mol. The molecule has 0 aromatic carbocycles. The van der Waals surface area contributed by atoms with Gasteiger partial charge in [0.05, 0.1) is 0 Å². The van der Waals surface area contributed by atoms with Gasteiger partial charge in [-0.15, -0.1) is 0 Å². The van der Waals surface area contributed by atoms with E-state index in [-0.39, 0.29) is 12.0 Å². The predicted molar refractivity (Wildman–Crippen MR) is 54.1 cm³/mol. The van der Waals surface area contributed by atoms with Gasteiger partial charge in [0.2, 0.25) is 0 Å². The molecule has 0 aromatic heterocycles. The van der Waals surface area contributed by atoms with Crippen LogP contribution in [0.2, 0.25) is 0 Å². The second-order valence-corrected chi connectivity index (χ2v) is 4.05. The van der Waals surface area contributed by atoms with Crippen LogP contribution in [0.25, 0.3) is 0 Å². The van der Waals surface area contributed by atoms with Gasteiger partial charge in [-0.3, -0.25) is 4.90 Å². The molecule has 0 spiro atoms. The Kier molecular flexibility index (Phi) is 4.03. The van der Waals surface area contributed by atoms with Gasteiger partial charge in [0.15, 0.2) is 0 Å². The van der Waals surface area contributed by atoms with E-state index in [0.717, 1.165) is 11.0 Å². The Bertz CT molecular complexity index is 200. The molecule has 1 nitrogen and oxygen atoms in total. The van der Waals surface area contributed by atoms with Gasteiger partial charge in [0.1, 0.15) is 0 Å². The minimum Gasteiger partial charge on any atom is -0.299 e. The van der Waals surface area contributed by atoms with Gasteiger partial charge in [-0.25, -0.2) is 0 Å². The third-order valence-electron chi connectivity index (χ3n) is 2.06. The van der Waals surface area contributed by atoms with Crippen LogP contribution in [0.3, 0.4) is 0 Å². The molecule has 1 aliphatic heterocycles. The smallest absolute Gasteiger partial charge is 0.299 e. The fourth-order valence-corrected chi connectivity index (χ4v) is 1.97. The van der Waals surface area contributed by atoms with Crippen LogP contribution in [0.5, 0.6) is 0 Å². The molecule has 0 N–H and O–H groups in total. The third-order valence-corrected chi connectivity index (χ3v) is 2.54. The maximum absolute atomic E-state index is 12.2. The number of nitrogens with zero attached hydrogens (tertiary/aromatic N) is 1. The van der Waals surface area contributed by atoms with Crippen molar-refractivity contribution < 1.29 is 13.2 Å². The lowest BCUT2D eigenvalue weighted by Gasteiger charge is -2.26. The highest BCUT2D eigenvalue weighted by atomic mass is 127. The molecule has 0 saturated heterocycles. The van der Waals surface area contributed by atoms with Crippen LogP contribution in [0.4, 0.5) is 13.2 Å². The molecule has 5 heteroatoms. The second-order valence-electron chi connectivity index (χ2n) is 2.97.